The number of benzene rings is 1. The lowest BCUT2D eigenvalue weighted by atomic mass is 10.2. The van der Waals surface area contributed by atoms with E-state index in [2.05, 4.69) is 78.7 Å². The number of pyridine rings is 1. The van der Waals surface area contributed by atoms with Crippen LogP contribution in [-0.2, 0) is 7.05 Å². The van der Waals surface area contributed by atoms with Crippen LogP contribution in [-0.4, -0.2) is 18.9 Å². The summed E-state index contributed by atoms with van der Waals surface area (Å²) in [6.45, 7) is 4.26. The molecule has 0 spiro atoms. The van der Waals surface area contributed by atoms with E-state index in [1.165, 1.54) is 28.3 Å². The number of aryl methyl sites for hydroxylation is 3. The average Bonchev–Trinajstić information content (AvgIpc) is 3.13. The molecule has 1 saturated carbocycles. The van der Waals surface area contributed by atoms with Crippen molar-refractivity contribution in [3.63, 3.8) is 0 Å². The lowest BCUT2D eigenvalue weighted by molar-refractivity contribution is 0.783. The highest BCUT2D eigenvalue weighted by atomic mass is 15.1. The maximum absolute atomic E-state index is 4.94. The number of fused-ring (bicyclic) bond motifs is 1. The SMILES string of the molecule is Cc1ccc(C)n2cc(C3CC3c3nc(-c4ccccc4)cn3C)nc12. The molecule has 0 amide bonds. The standard InChI is InChI=1S/C22H22N4/c1-14-9-10-15(2)26-13-20(24-21(14)26)17-11-18(17)22-23-19(12-25(22)3)16-7-5-4-6-8-16/h4-10,12-13,17-18H,11H2,1-3H3. The molecule has 0 saturated heterocycles. The maximum atomic E-state index is 4.94. The molecule has 1 aromatic carbocycles. The van der Waals surface area contributed by atoms with Crippen molar-refractivity contribution in [3.05, 3.63) is 77.6 Å². The van der Waals surface area contributed by atoms with Gasteiger partial charge in [-0.15, -0.1) is 0 Å². The fraction of sp³-hybridized carbons (Fsp3) is 0.273. The second-order valence-electron chi connectivity index (χ2n) is 7.43. The Labute approximate surface area is 153 Å². The Balaban J connectivity index is 1.47. The van der Waals surface area contributed by atoms with E-state index < -0.39 is 0 Å². The van der Waals surface area contributed by atoms with E-state index >= 15 is 0 Å². The van der Waals surface area contributed by atoms with Crippen molar-refractivity contribution in [2.75, 3.05) is 0 Å². The van der Waals surface area contributed by atoms with Gasteiger partial charge in [0.25, 0.3) is 0 Å². The number of imidazole rings is 2. The van der Waals surface area contributed by atoms with E-state index in [-0.39, 0.29) is 0 Å². The van der Waals surface area contributed by atoms with Gasteiger partial charge in [-0.1, -0.05) is 36.4 Å². The summed E-state index contributed by atoms with van der Waals surface area (Å²) < 4.78 is 4.40. The van der Waals surface area contributed by atoms with Gasteiger partial charge in [-0.3, -0.25) is 0 Å². The van der Waals surface area contributed by atoms with Gasteiger partial charge in [0.2, 0.25) is 0 Å². The second kappa shape index (κ2) is 5.56. The predicted molar refractivity (Wildman–Crippen MR) is 103 cm³/mol. The Morgan fingerprint density at radius 3 is 2.50 bits per heavy atom. The van der Waals surface area contributed by atoms with Crippen molar-refractivity contribution in [3.8, 4) is 11.3 Å². The number of hydrogen-bond donors (Lipinski definition) is 0. The topological polar surface area (TPSA) is 35.1 Å². The molecule has 0 bridgehead atoms. The van der Waals surface area contributed by atoms with Crippen molar-refractivity contribution < 1.29 is 0 Å². The van der Waals surface area contributed by atoms with Crippen LogP contribution in [0, 0.1) is 13.8 Å². The van der Waals surface area contributed by atoms with Gasteiger partial charge in [0.05, 0.1) is 11.4 Å². The molecule has 130 valence electrons. The molecule has 5 rings (SSSR count). The number of rotatable bonds is 3. The number of aromatic nitrogens is 4. The van der Waals surface area contributed by atoms with Crippen molar-refractivity contribution >= 4 is 5.65 Å². The molecule has 2 atom stereocenters. The summed E-state index contributed by atoms with van der Waals surface area (Å²) in [4.78, 5) is 9.87. The van der Waals surface area contributed by atoms with Crippen molar-refractivity contribution in [1.82, 2.24) is 18.9 Å². The molecule has 0 N–H and O–H groups in total. The van der Waals surface area contributed by atoms with Gasteiger partial charge < -0.3 is 8.97 Å². The highest BCUT2D eigenvalue weighted by Crippen LogP contribution is 2.54. The Bertz CT molecular complexity index is 1070. The molecule has 1 fully saturated rings. The van der Waals surface area contributed by atoms with Gasteiger partial charge in [0.15, 0.2) is 0 Å². The van der Waals surface area contributed by atoms with Gasteiger partial charge in [0, 0.05) is 42.5 Å². The van der Waals surface area contributed by atoms with Crippen LogP contribution < -0.4 is 0 Å². The quantitative estimate of drug-likeness (QED) is 0.544. The molecule has 0 radical (unpaired) electrons. The zero-order valence-corrected chi connectivity index (χ0v) is 15.3. The Kier molecular flexibility index (Phi) is 3.29. The normalized spacial score (nSPS) is 19.2. The van der Waals surface area contributed by atoms with Gasteiger partial charge in [0.1, 0.15) is 11.5 Å². The first kappa shape index (κ1) is 15.4. The molecule has 4 nitrogen and oxygen atoms in total. The third-order valence-electron chi connectivity index (χ3n) is 5.52. The van der Waals surface area contributed by atoms with Gasteiger partial charge in [-0.2, -0.15) is 0 Å². The summed E-state index contributed by atoms with van der Waals surface area (Å²) in [5, 5.41) is 0. The minimum Gasteiger partial charge on any atom is -0.337 e. The minimum absolute atomic E-state index is 0.461. The Morgan fingerprint density at radius 1 is 0.923 bits per heavy atom. The third kappa shape index (κ3) is 2.37. The predicted octanol–water partition coefficient (Wildman–Crippen LogP) is 4.62. The van der Waals surface area contributed by atoms with Crippen molar-refractivity contribution in [2.24, 2.45) is 7.05 Å². The van der Waals surface area contributed by atoms with Gasteiger partial charge in [-0.05, 0) is 31.9 Å². The zero-order chi connectivity index (χ0) is 17.8. The van der Waals surface area contributed by atoms with Crippen LogP contribution in [0.5, 0.6) is 0 Å². The summed E-state index contributed by atoms with van der Waals surface area (Å²) in [7, 11) is 2.10. The Morgan fingerprint density at radius 2 is 1.73 bits per heavy atom. The second-order valence-corrected chi connectivity index (χ2v) is 7.43. The molecule has 3 aromatic heterocycles. The van der Waals surface area contributed by atoms with Crippen molar-refractivity contribution in [2.45, 2.75) is 32.1 Å². The molecule has 26 heavy (non-hydrogen) atoms. The molecule has 2 unspecified atom stereocenters. The summed E-state index contributed by atoms with van der Waals surface area (Å²) >= 11 is 0. The monoisotopic (exact) mass is 342 g/mol. The van der Waals surface area contributed by atoms with Crippen molar-refractivity contribution in [1.29, 1.82) is 0 Å². The van der Waals surface area contributed by atoms with Gasteiger partial charge in [-0.25, -0.2) is 9.97 Å². The van der Waals surface area contributed by atoms with Crippen LogP contribution >= 0.6 is 0 Å². The van der Waals surface area contributed by atoms with E-state index in [0.29, 0.717) is 11.8 Å². The molecule has 3 heterocycles. The van der Waals surface area contributed by atoms with Crippen LogP contribution in [0.15, 0.2) is 54.9 Å². The molecule has 4 heteroatoms. The van der Waals surface area contributed by atoms with Crippen LogP contribution in [0.2, 0.25) is 0 Å². The van der Waals surface area contributed by atoms with E-state index in [1.54, 1.807) is 0 Å². The first-order valence-electron chi connectivity index (χ1n) is 9.15. The third-order valence-corrected chi connectivity index (χ3v) is 5.52. The molecule has 1 aliphatic carbocycles. The van der Waals surface area contributed by atoms with Crippen LogP contribution in [0.3, 0.4) is 0 Å². The average molecular weight is 342 g/mol. The van der Waals surface area contributed by atoms with E-state index in [0.717, 1.165) is 17.8 Å². The smallest absolute Gasteiger partial charge is 0.140 e. The largest absolute Gasteiger partial charge is 0.337 e. The lowest BCUT2D eigenvalue weighted by Crippen LogP contribution is -1.95. The summed E-state index contributed by atoms with van der Waals surface area (Å²) in [5.41, 5.74) is 6.94. The lowest BCUT2D eigenvalue weighted by Gasteiger charge is -2.00. The minimum atomic E-state index is 0.461. The summed E-state index contributed by atoms with van der Waals surface area (Å²) in [6.07, 6.45) is 5.47. The van der Waals surface area contributed by atoms with Crippen LogP contribution in [0.25, 0.3) is 16.9 Å². The molecule has 4 aromatic rings. The Hall–Kier alpha value is -2.88. The van der Waals surface area contributed by atoms with E-state index in [4.69, 9.17) is 9.97 Å². The van der Waals surface area contributed by atoms with Crippen LogP contribution in [0.4, 0.5) is 0 Å². The fourth-order valence-corrected chi connectivity index (χ4v) is 3.90. The molecule has 0 aliphatic heterocycles. The number of hydrogen-bond acceptors (Lipinski definition) is 2. The molecular weight excluding hydrogens is 320 g/mol. The summed E-state index contributed by atoms with van der Waals surface area (Å²) in [5.74, 6) is 2.10. The van der Waals surface area contributed by atoms with Gasteiger partial charge >= 0.3 is 0 Å². The molecule has 1 aliphatic rings. The van der Waals surface area contributed by atoms with E-state index in [1.807, 2.05) is 6.07 Å². The first-order chi connectivity index (χ1) is 12.6. The number of nitrogens with zero attached hydrogens (tertiary/aromatic N) is 4. The van der Waals surface area contributed by atoms with Crippen LogP contribution in [0.1, 0.15) is 41.0 Å². The fourth-order valence-electron chi connectivity index (χ4n) is 3.90. The maximum Gasteiger partial charge on any atom is 0.140 e. The highest BCUT2D eigenvalue weighted by molar-refractivity contribution is 5.59. The van der Waals surface area contributed by atoms with E-state index in [9.17, 15) is 0 Å². The highest BCUT2D eigenvalue weighted by Gasteiger charge is 2.44. The first-order valence-corrected chi connectivity index (χ1v) is 9.15. The molecular formula is C22H22N4. The zero-order valence-electron chi connectivity index (χ0n) is 15.3. The summed E-state index contributed by atoms with van der Waals surface area (Å²) in [6, 6.07) is 14.7.